The molecule has 5 rings (SSSR count). The molecule has 1 fully saturated rings. The molecule has 1 saturated heterocycles. The molecule has 0 spiro atoms. The highest BCUT2D eigenvalue weighted by molar-refractivity contribution is 5.58. The number of nitrogens with zero attached hydrogens (tertiary/aromatic N) is 5. The van der Waals surface area contributed by atoms with E-state index in [1.54, 1.807) is 12.1 Å². The first-order valence-corrected chi connectivity index (χ1v) is 11.1. The summed E-state index contributed by atoms with van der Waals surface area (Å²) in [6.07, 6.45) is -4.80. The van der Waals surface area contributed by atoms with Crippen LogP contribution in [0, 0.1) is 5.82 Å². The molecule has 1 aliphatic rings. The standard InChI is InChI=1S/C24H19F4N5O4/c25-18-6-1-15(13-20(18)32-9-11-35-12-10-32)14-33-21(34)8-7-19(30-33)23-29-22(31-37-23)16-2-4-17(5-3-16)36-24(26,27)28/h1-8,13H,9-12,14H2. The Morgan fingerprint density at radius 1 is 1.00 bits per heavy atom. The van der Waals surface area contributed by atoms with Gasteiger partial charge in [0.25, 0.3) is 11.4 Å². The van der Waals surface area contributed by atoms with Gasteiger partial charge >= 0.3 is 6.36 Å². The summed E-state index contributed by atoms with van der Waals surface area (Å²) in [5.41, 5.74) is 1.31. The topological polar surface area (TPSA) is 95.5 Å². The Morgan fingerprint density at radius 3 is 2.49 bits per heavy atom. The number of benzene rings is 2. The zero-order valence-corrected chi connectivity index (χ0v) is 19.1. The fourth-order valence-electron chi connectivity index (χ4n) is 3.80. The van der Waals surface area contributed by atoms with Crippen molar-refractivity contribution in [3.05, 3.63) is 76.3 Å². The molecular formula is C24H19F4N5O4. The number of ether oxygens (including phenoxy) is 2. The summed E-state index contributed by atoms with van der Waals surface area (Å²) < 4.78 is 67.2. The molecule has 0 saturated carbocycles. The highest BCUT2D eigenvalue weighted by atomic mass is 19.4. The second-order valence-electron chi connectivity index (χ2n) is 8.09. The van der Waals surface area contributed by atoms with Crippen LogP contribution >= 0.6 is 0 Å². The average Bonchev–Trinajstić information content (AvgIpc) is 3.37. The van der Waals surface area contributed by atoms with Gasteiger partial charge in [-0.15, -0.1) is 13.2 Å². The third-order valence-electron chi connectivity index (χ3n) is 5.55. The molecule has 0 unspecified atom stereocenters. The maximum atomic E-state index is 14.4. The zero-order chi connectivity index (χ0) is 26.0. The first-order valence-electron chi connectivity index (χ1n) is 11.1. The first-order chi connectivity index (χ1) is 17.7. The lowest BCUT2D eigenvalue weighted by Crippen LogP contribution is -2.36. The molecule has 0 radical (unpaired) electrons. The average molecular weight is 517 g/mol. The number of anilines is 1. The van der Waals surface area contributed by atoms with Crippen LogP contribution in [0.3, 0.4) is 0 Å². The van der Waals surface area contributed by atoms with E-state index in [0.717, 1.165) is 12.1 Å². The van der Waals surface area contributed by atoms with E-state index < -0.39 is 6.36 Å². The van der Waals surface area contributed by atoms with E-state index in [2.05, 4.69) is 20.0 Å². The third-order valence-corrected chi connectivity index (χ3v) is 5.55. The van der Waals surface area contributed by atoms with Crippen LogP contribution in [-0.2, 0) is 11.3 Å². The molecule has 2 aromatic heterocycles. The second kappa shape index (κ2) is 10.0. The van der Waals surface area contributed by atoms with Gasteiger partial charge in [0, 0.05) is 24.7 Å². The fourth-order valence-corrected chi connectivity index (χ4v) is 3.80. The van der Waals surface area contributed by atoms with Gasteiger partial charge in [0.15, 0.2) is 0 Å². The summed E-state index contributed by atoms with van der Waals surface area (Å²) in [6.45, 7) is 2.21. The van der Waals surface area contributed by atoms with Crippen molar-refractivity contribution in [1.29, 1.82) is 0 Å². The molecule has 0 amide bonds. The number of aromatic nitrogens is 4. The summed E-state index contributed by atoms with van der Waals surface area (Å²) in [5, 5.41) is 8.14. The lowest BCUT2D eigenvalue weighted by molar-refractivity contribution is -0.274. The van der Waals surface area contributed by atoms with Crippen LogP contribution in [0.15, 0.2) is 63.9 Å². The van der Waals surface area contributed by atoms with Crippen molar-refractivity contribution < 1.29 is 31.6 Å². The first kappa shape index (κ1) is 24.4. The smallest absolute Gasteiger partial charge is 0.406 e. The molecule has 1 aliphatic heterocycles. The minimum Gasteiger partial charge on any atom is -0.406 e. The quantitative estimate of drug-likeness (QED) is 0.356. The minimum absolute atomic E-state index is 0.00693. The van der Waals surface area contributed by atoms with Crippen LogP contribution in [0.1, 0.15) is 5.56 Å². The van der Waals surface area contributed by atoms with Crippen LogP contribution in [0.25, 0.3) is 23.0 Å². The summed E-state index contributed by atoms with van der Waals surface area (Å²) in [4.78, 5) is 18.6. The van der Waals surface area contributed by atoms with Gasteiger partial charge in [0.05, 0.1) is 25.4 Å². The maximum absolute atomic E-state index is 14.4. The van der Waals surface area contributed by atoms with Crippen LogP contribution in [0.4, 0.5) is 23.2 Å². The molecule has 0 atom stereocenters. The Kier molecular flexibility index (Phi) is 6.61. The van der Waals surface area contributed by atoms with Crippen LogP contribution in [-0.4, -0.2) is 52.6 Å². The van der Waals surface area contributed by atoms with Crippen LogP contribution in [0.2, 0.25) is 0 Å². The molecule has 0 aliphatic carbocycles. The van der Waals surface area contributed by atoms with E-state index in [1.807, 2.05) is 4.90 Å². The number of hydrogen-bond donors (Lipinski definition) is 0. The summed E-state index contributed by atoms with van der Waals surface area (Å²) in [5.74, 6) is -0.628. The molecule has 2 aromatic carbocycles. The number of rotatable bonds is 6. The monoisotopic (exact) mass is 517 g/mol. The summed E-state index contributed by atoms with van der Waals surface area (Å²) in [7, 11) is 0. The molecule has 3 heterocycles. The van der Waals surface area contributed by atoms with Gasteiger partial charge in [-0.25, -0.2) is 9.07 Å². The molecule has 0 bridgehead atoms. The molecule has 4 aromatic rings. The largest absolute Gasteiger partial charge is 0.573 e. The Morgan fingerprint density at radius 2 is 1.76 bits per heavy atom. The fraction of sp³-hybridized carbons (Fsp3) is 0.250. The Balaban J connectivity index is 1.36. The van der Waals surface area contributed by atoms with E-state index >= 15 is 0 Å². The maximum Gasteiger partial charge on any atom is 0.573 e. The van der Waals surface area contributed by atoms with Gasteiger partial charge in [-0.3, -0.25) is 4.79 Å². The molecular weight excluding hydrogens is 498 g/mol. The molecule has 13 heteroatoms. The lowest BCUT2D eigenvalue weighted by Gasteiger charge is -2.29. The van der Waals surface area contributed by atoms with Crippen molar-refractivity contribution in [3.63, 3.8) is 0 Å². The SMILES string of the molecule is O=c1ccc(-c2nc(-c3ccc(OC(F)(F)F)cc3)no2)nn1Cc1ccc(F)c(N2CCOCC2)c1. The van der Waals surface area contributed by atoms with Crippen molar-refractivity contribution in [2.45, 2.75) is 12.9 Å². The predicted molar refractivity (Wildman–Crippen MR) is 122 cm³/mol. The predicted octanol–water partition coefficient (Wildman–Crippen LogP) is 3.88. The Hall–Kier alpha value is -4.26. The van der Waals surface area contributed by atoms with Crippen molar-refractivity contribution in [2.24, 2.45) is 0 Å². The van der Waals surface area contributed by atoms with E-state index in [1.165, 1.54) is 35.0 Å². The van der Waals surface area contributed by atoms with Gasteiger partial charge in [0.2, 0.25) is 5.82 Å². The Bertz CT molecular complexity index is 1450. The lowest BCUT2D eigenvalue weighted by atomic mass is 10.1. The summed E-state index contributed by atoms with van der Waals surface area (Å²) in [6, 6.07) is 12.3. The van der Waals surface area contributed by atoms with E-state index in [0.29, 0.717) is 43.1 Å². The molecule has 192 valence electrons. The van der Waals surface area contributed by atoms with Gasteiger partial charge in [0.1, 0.15) is 17.3 Å². The highest BCUT2D eigenvalue weighted by Gasteiger charge is 2.31. The van der Waals surface area contributed by atoms with Crippen molar-refractivity contribution >= 4 is 5.69 Å². The normalized spacial score (nSPS) is 14.1. The molecule has 9 nitrogen and oxygen atoms in total. The number of alkyl halides is 3. The van der Waals surface area contributed by atoms with Gasteiger partial charge in [-0.1, -0.05) is 11.2 Å². The zero-order valence-electron chi connectivity index (χ0n) is 19.1. The van der Waals surface area contributed by atoms with E-state index in [9.17, 15) is 22.4 Å². The molecule has 0 N–H and O–H groups in total. The van der Waals surface area contributed by atoms with Crippen LogP contribution < -0.4 is 15.2 Å². The van der Waals surface area contributed by atoms with Crippen molar-refractivity contribution in [2.75, 3.05) is 31.2 Å². The number of hydrogen-bond acceptors (Lipinski definition) is 8. The second-order valence-corrected chi connectivity index (χ2v) is 8.09. The number of morpholine rings is 1. The van der Waals surface area contributed by atoms with Crippen molar-refractivity contribution in [1.82, 2.24) is 19.9 Å². The van der Waals surface area contributed by atoms with E-state index in [-0.39, 0.29) is 41.1 Å². The summed E-state index contributed by atoms with van der Waals surface area (Å²) >= 11 is 0. The highest BCUT2D eigenvalue weighted by Crippen LogP contribution is 2.27. The van der Waals surface area contributed by atoms with E-state index in [4.69, 9.17) is 9.26 Å². The third kappa shape index (κ3) is 5.77. The number of halogens is 4. The molecule has 37 heavy (non-hydrogen) atoms. The van der Waals surface area contributed by atoms with Gasteiger partial charge in [-0.2, -0.15) is 10.1 Å². The van der Waals surface area contributed by atoms with Gasteiger partial charge < -0.3 is 18.9 Å². The Labute approximate surface area is 206 Å². The van der Waals surface area contributed by atoms with Gasteiger partial charge in [-0.05, 0) is 48.0 Å². The van der Waals surface area contributed by atoms with Crippen LogP contribution in [0.5, 0.6) is 5.75 Å². The minimum atomic E-state index is -4.80. The van der Waals surface area contributed by atoms with Crippen molar-refractivity contribution in [3.8, 4) is 28.7 Å².